The number of amides is 4. The van der Waals surface area contributed by atoms with Crippen molar-refractivity contribution in [1.82, 2.24) is 35.8 Å². The van der Waals surface area contributed by atoms with Gasteiger partial charge in [0.15, 0.2) is 0 Å². The molecule has 2 aromatic carbocycles. The number of fused-ring (bicyclic) bond motifs is 3. The van der Waals surface area contributed by atoms with Crippen molar-refractivity contribution < 1.29 is 29.0 Å². The van der Waals surface area contributed by atoms with Crippen molar-refractivity contribution in [3.05, 3.63) is 53.6 Å². The number of ether oxygens (including phenoxy) is 1. The predicted octanol–water partition coefficient (Wildman–Crippen LogP) is -0.627. The van der Waals surface area contributed by atoms with Gasteiger partial charge in [0.25, 0.3) is 5.91 Å². The van der Waals surface area contributed by atoms with Gasteiger partial charge in [0.1, 0.15) is 36.0 Å². The van der Waals surface area contributed by atoms with E-state index in [9.17, 15) is 24.3 Å². The summed E-state index contributed by atoms with van der Waals surface area (Å²) in [6, 6.07) is 10.8. The summed E-state index contributed by atoms with van der Waals surface area (Å²) in [6.07, 6.45) is -1.19. The molecule has 0 saturated heterocycles. The molecule has 4 N–H and O–H groups in total. The topological polar surface area (TPSA) is 168 Å². The molecule has 1 aliphatic heterocycles. The monoisotopic (exact) mass is 537 g/mol. The maximum Gasteiger partial charge on any atom is 0.252 e. The first kappa shape index (κ1) is 27.5. The van der Waals surface area contributed by atoms with E-state index in [1.807, 2.05) is 19.1 Å². The van der Waals surface area contributed by atoms with Crippen LogP contribution in [0.5, 0.6) is 5.75 Å². The summed E-state index contributed by atoms with van der Waals surface area (Å²) in [4.78, 5) is 54.0. The summed E-state index contributed by atoms with van der Waals surface area (Å²) in [6.45, 7) is 3.00. The Morgan fingerprint density at radius 2 is 1.82 bits per heavy atom. The molecule has 4 rings (SSSR count). The predicted molar refractivity (Wildman–Crippen MR) is 140 cm³/mol. The molecule has 2 heterocycles. The van der Waals surface area contributed by atoms with Crippen LogP contribution in [-0.4, -0.2) is 93.6 Å². The summed E-state index contributed by atoms with van der Waals surface area (Å²) in [5.74, 6) is -1.60. The van der Waals surface area contributed by atoms with Crippen LogP contribution in [-0.2, 0) is 20.9 Å². The molecule has 3 aromatic rings. The van der Waals surface area contributed by atoms with Crippen LogP contribution in [0, 0.1) is 6.92 Å². The number of hydrogen-bond donors (Lipinski definition) is 4. The van der Waals surface area contributed by atoms with Gasteiger partial charge in [0, 0.05) is 18.7 Å². The van der Waals surface area contributed by atoms with Crippen molar-refractivity contribution in [1.29, 1.82) is 0 Å². The number of carbonyl (C=O) groups excluding carboxylic acids is 4. The third kappa shape index (κ3) is 7.08. The first-order chi connectivity index (χ1) is 18.7. The van der Waals surface area contributed by atoms with Gasteiger partial charge in [-0.05, 0) is 43.7 Å². The van der Waals surface area contributed by atoms with E-state index in [4.69, 9.17) is 4.74 Å². The van der Waals surface area contributed by atoms with E-state index in [-0.39, 0.29) is 44.9 Å². The average molecular weight is 538 g/mol. The number of carbonyl (C=O) groups is 4. The van der Waals surface area contributed by atoms with Gasteiger partial charge in [-0.3, -0.25) is 19.2 Å². The Morgan fingerprint density at radius 1 is 1.10 bits per heavy atom. The van der Waals surface area contributed by atoms with Crippen LogP contribution in [0.1, 0.15) is 22.8 Å². The van der Waals surface area contributed by atoms with Gasteiger partial charge in [-0.15, -0.1) is 0 Å². The molecular weight excluding hydrogens is 506 g/mol. The summed E-state index contributed by atoms with van der Waals surface area (Å²) < 4.78 is 5.75. The number of nitrogens with zero attached hydrogens (tertiary/aromatic N) is 4. The Hall–Kier alpha value is -4.52. The maximum absolute atomic E-state index is 13.1. The van der Waals surface area contributed by atoms with Crippen molar-refractivity contribution in [3.63, 3.8) is 0 Å². The minimum atomic E-state index is -1.24. The standard InChI is InChI=1S/C26H31N7O6/c1-16-7-8-18-13-21(16)39-12-10-27-22(35)14-32(11-9-28-26(38)24(17(2)34)29-25(18)37)23(36)15-33-30-19-5-3-4-6-20(19)31-33/h3-8,13,17,24,34H,9-12,14-15H2,1-2H3,(H,27,35)(H,28,38)(H,29,37)/t17-,24+/m1/s1. The number of aryl methyl sites for hydroxylation is 1. The van der Waals surface area contributed by atoms with E-state index in [0.29, 0.717) is 16.8 Å². The molecule has 0 saturated carbocycles. The van der Waals surface area contributed by atoms with Crippen LogP contribution in [0.3, 0.4) is 0 Å². The number of aromatic nitrogens is 3. The zero-order valence-electron chi connectivity index (χ0n) is 21.7. The highest BCUT2D eigenvalue weighted by Gasteiger charge is 2.27. The van der Waals surface area contributed by atoms with Crippen molar-refractivity contribution >= 4 is 34.7 Å². The van der Waals surface area contributed by atoms with Crippen LogP contribution < -0.4 is 20.7 Å². The normalized spacial score (nSPS) is 18.4. The Kier molecular flexibility index (Phi) is 8.71. The van der Waals surface area contributed by atoms with Gasteiger partial charge < -0.3 is 30.7 Å². The molecule has 13 heteroatoms. The molecule has 2 bridgehead atoms. The van der Waals surface area contributed by atoms with Crippen LogP contribution in [0.4, 0.5) is 0 Å². The molecule has 1 aromatic heterocycles. The molecule has 1 aliphatic rings. The van der Waals surface area contributed by atoms with E-state index in [0.717, 1.165) is 5.56 Å². The highest BCUT2D eigenvalue weighted by atomic mass is 16.5. The van der Waals surface area contributed by atoms with E-state index >= 15 is 0 Å². The Morgan fingerprint density at radius 3 is 2.51 bits per heavy atom. The molecule has 2 atom stereocenters. The molecular formula is C26H31N7O6. The second kappa shape index (κ2) is 12.3. The van der Waals surface area contributed by atoms with E-state index in [1.165, 1.54) is 22.7 Å². The minimum absolute atomic E-state index is 0.00424. The van der Waals surface area contributed by atoms with Gasteiger partial charge in [-0.25, -0.2) is 0 Å². The molecule has 0 radical (unpaired) electrons. The van der Waals surface area contributed by atoms with Gasteiger partial charge in [0.2, 0.25) is 17.7 Å². The number of aliphatic hydroxyl groups is 1. The molecule has 0 aliphatic carbocycles. The van der Waals surface area contributed by atoms with Gasteiger partial charge in [-0.2, -0.15) is 15.0 Å². The highest BCUT2D eigenvalue weighted by molar-refractivity contribution is 5.98. The van der Waals surface area contributed by atoms with Crippen LogP contribution in [0.15, 0.2) is 42.5 Å². The fraction of sp³-hybridized carbons (Fsp3) is 0.385. The zero-order chi connectivity index (χ0) is 27.9. The van der Waals surface area contributed by atoms with Crippen molar-refractivity contribution in [2.75, 3.05) is 32.8 Å². The summed E-state index contributed by atoms with van der Waals surface area (Å²) in [5.41, 5.74) is 2.29. The van der Waals surface area contributed by atoms with E-state index in [2.05, 4.69) is 26.1 Å². The first-order valence-electron chi connectivity index (χ1n) is 12.6. The van der Waals surface area contributed by atoms with Gasteiger partial charge in [-0.1, -0.05) is 18.2 Å². The summed E-state index contributed by atoms with van der Waals surface area (Å²) >= 11 is 0. The van der Waals surface area contributed by atoms with Crippen LogP contribution in [0.25, 0.3) is 11.0 Å². The highest BCUT2D eigenvalue weighted by Crippen LogP contribution is 2.20. The second-order valence-electron chi connectivity index (χ2n) is 9.20. The van der Waals surface area contributed by atoms with E-state index < -0.39 is 35.8 Å². The lowest BCUT2D eigenvalue weighted by Crippen LogP contribution is -2.54. The van der Waals surface area contributed by atoms with Crippen LogP contribution in [0.2, 0.25) is 0 Å². The zero-order valence-corrected chi connectivity index (χ0v) is 21.7. The number of benzene rings is 2. The molecule has 13 nitrogen and oxygen atoms in total. The second-order valence-corrected chi connectivity index (χ2v) is 9.20. The maximum atomic E-state index is 13.1. The van der Waals surface area contributed by atoms with Crippen molar-refractivity contribution in [2.45, 2.75) is 32.5 Å². The van der Waals surface area contributed by atoms with Crippen molar-refractivity contribution in [3.8, 4) is 5.75 Å². The fourth-order valence-corrected chi connectivity index (χ4v) is 4.02. The lowest BCUT2D eigenvalue weighted by Gasteiger charge is -2.24. The van der Waals surface area contributed by atoms with Crippen molar-refractivity contribution in [2.24, 2.45) is 0 Å². The summed E-state index contributed by atoms with van der Waals surface area (Å²) in [7, 11) is 0. The van der Waals surface area contributed by atoms with Gasteiger partial charge >= 0.3 is 0 Å². The first-order valence-corrected chi connectivity index (χ1v) is 12.6. The third-order valence-electron chi connectivity index (χ3n) is 6.16. The van der Waals surface area contributed by atoms with Crippen LogP contribution >= 0.6 is 0 Å². The molecule has 39 heavy (non-hydrogen) atoms. The largest absolute Gasteiger partial charge is 0.491 e. The third-order valence-corrected chi connectivity index (χ3v) is 6.16. The smallest absolute Gasteiger partial charge is 0.252 e. The molecule has 4 amide bonds. The van der Waals surface area contributed by atoms with Gasteiger partial charge in [0.05, 0.1) is 19.2 Å². The number of rotatable bonds is 3. The molecule has 0 unspecified atom stereocenters. The number of aliphatic hydroxyl groups excluding tert-OH is 1. The molecule has 0 fully saturated rings. The SMILES string of the molecule is Cc1ccc2cc1OCCNC(=O)CN(C(=O)Cn1nc3ccccc3n1)CCNC(=O)[C@H]([C@@H](C)O)NC2=O. The Bertz CT molecular complexity index is 1340. The lowest BCUT2D eigenvalue weighted by atomic mass is 10.1. The minimum Gasteiger partial charge on any atom is -0.491 e. The Labute approximate surface area is 224 Å². The molecule has 206 valence electrons. The quantitative estimate of drug-likeness (QED) is 0.343. The number of hydrogen-bond acceptors (Lipinski definition) is 8. The molecule has 0 spiro atoms. The van der Waals surface area contributed by atoms with E-state index in [1.54, 1.807) is 24.3 Å². The number of nitrogens with one attached hydrogen (secondary N) is 3. The average Bonchev–Trinajstić information content (AvgIpc) is 3.31. The summed E-state index contributed by atoms with van der Waals surface area (Å²) in [5, 5.41) is 26.7. The Balaban J connectivity index is 1.51. The lowest BCUT2D eigenvalue weighted by molar-refractivity contribution is -0.137. The fourth-order valence-electron chi connectivity index (χ4n) is 4.02.